The van der Waals surface area contributed by atoms with Crippen LogP contribution in [0.15, 0.2) is 21.5 Å². The van der Waals surface area contributed by atoms with Crippen LogP contribution < -0.4 is 5.73 Å². The lowest BCUT2D eigenvalue weighted by Crippen LogP contribution is -2.33. The van der Waals surface area contributed by atoms with Crippen molar-refractivity contribution >= 4 is 50.0 Å². The molecule has 2 N–H and O–H groups in total. The van der Waals surface area contributed by atoms with Crippen molar-refractivity contribution in [2.75, 3.05) is 13.1 Å². The Hall–Kier alpha value is 0.0800. The molecule has 1 saturated carbocycles. The zero-order valence-electron chi connectivity index (χ0n) is 11.5. The van der Waals surface area contributed by atoms with Crippen LogP contribution in [0, 0.1) is 17.7 Å². The second-order valence-corrected chi connectivity index (χ2v) is 8.82. The van der Waals surface area contributed by atoms with E-state index < -0.39 is 15.8 Å². The summed E-state index contributed by atoms with van der Waals surface area (Å²) in [5, 5.41) is -0.108. The second kappa shape index (κ2) is 6.53. The molecule has 0 amide bonds. The number of hydrogen-bond donors (Lipinski definition) is 1. The summed E-state index contributed by atoms with van der Waals surface area (Å²) in [6.45, 7) is 0.870. The van der Waals surface area contributed by atoms with Gasteiger partial charge in [0.1, 0.15) is 10.7 Å². The van der Waals surface area contributed by atoms with Gasteiger partial charge in [0.15, 0.2) is 0 Å². The van der Waals surface area contributed by atoms with Crippen LogP contribution in [-0.4, -0.2) is 31.9 Å². The first-order valence-corrected chi connectivity index (χ1v) is 9.32. The molecule has 9 heteroatoms. The fourth-order valence-electron chi connectivity index (χ4n) is 3.37. The van der Waals surface area contributed by atoms with Crippen molar-refractivity contribution in [2.24, 2.45) is 17.6 Å². The lowest BCUT2D eigenvalue weighted by Gasteiger charge is -2.20. The fourth-order valence-corrected chi connectivity index (χ4v) is 6.65. The normalized spacial score (nSPS) is 28.5. The molecule has 0 bridgehead atoms. The third-order valence-electron chi connectivity index (χ3n) is 4.44. The molecule has 2 fully saturated rings. The monoisotopic (exact) mass is 432 g/mol. The number of halogens is 4. The van der Waals surface area contributed by atoms with Crippen molar-refractivity contribution in [2.45, 2.75) is 23.8 Å². The Bertz CT molecular complexity index is 666. The Morgan fingerprint density at radius 3 is 2.59 bits per heavy atom. The molecule has 1 aromatic carbocycles. The molecule has 3 atom stereocenters. The zero-order valence-corrected chi connectivity index (χ0v) is 15.5. The molecule has 1 heterocycles. The van der Waals surface area contributed by atoms with Gasteiger partial charge in [-0.05, 0) is 52.7 Å². The summed E-state index contributed by atoms with van der Waals surface area (Å²) in [7, 11) is -3.75. The number of hydrogen-bond acceptors (Lipinski definition) is 3. The average molecular weight is 434 g/mol. The zero-order chi connectivity index (χ0) is 15.4. The van der Waals surface area contributed by atoms with E-state index in [1.165, 1.54) is 4.31 Å². The van der Waals surface area contributed by atoms with Gasteiger partial charge in [0, 0.05) is 23.6 Å². The molecule has 124 valence electrons. The maximum Gasteiger partial charge on any atom is 0.245 e. The highest BCUT2D eigenvalue weighted by Gasteiger charge is 2.45. The standard InChI is InChI=1S/C13H15BrClFN2O2S.ClH/c14-10-3-8(16)4-11(15)13(10)21(19,20)18-5-7-1-2-12(17)9(7)6-18;/h3-4,7,9,12H,1-2,5-6,17H2;1H. The molecule has 1 saturated heterocycles. The molecule has 3 rings (SSSR count). The Balaban J connectivity index is 0.00000176. The Kier molecular flexibility index (Phi) is 5.47. The smallest absolute Gasteiger partial charge is 0.245 e. The predicted molar refractivity (Wildman–Crippen MR) is 89.3 cm³/mol. The molecular weight excluding hydrogens is 418 g/mol. The van der Waals surface area contributed by atoms with Crippen molar-refractivity contribution in [1.29, 1.82) is 0 Å². The molecule has 1 aliphatic heterocycles. The van der Waals surface area contributed by atoms with Gasteiger partial charge in [-0.3, -0.25) is 0 Å². The summed E-state index contributed by atoms with van der Waals surface area (Å²) in [5.41, 5.74) is 6.04. The summed E-state index contributed by atoms with van der Waals surface area (Å²) in [4.78, 5) is -0.0703. The largest absolute Gasteiger partial charge is 0.327 e. The van der Waals surface area contributed by atoms with Crippen LogP contribution in [0.4, 0.5) is 4.39 Å². The number of sulfonamides is 1. The van der Waals surface area contributed by atoms with Gasteiger partial charge in [-0.2, -0.15) is 4.31 Å². The van der Waals surface area contributed by atoms with Gasteiger partial charge < -0.3 is 5.73 Å². The van der Waals surface area contributed by atoms with E-state index in [9.17, 15) is 12.8 Å². The van der Waals surface area contributed by atoms with E-state index in [0.717, 1.165) is 25.0 Å². The van der Waals surface area contributed by atoms with Gasteiger partial charge in [-0.25, -0.2) is 12.8 Å². The first-order chi connectivity index (χ1) is 9.80. The molecule has 1 aliphatic carbocycles. The van der Waals surface area contributed by atoms with E-state index >= 15 is 0 Å². The highest BCUT2D eigenvalue weighted by atomic mass is 79.9. The van der Waals surface area contributed by atoms with Crippen LogP contribution in [-0.2, 0) is 10.0 Å². The minimum atomic E-state index is -3.75. The molecule has 22 heavy (non-hydrogen) atoms. The minimum absolute atomic E-state index is 0. The summed E-state index contributed by atoms with van der Waals surface area (Å²) in [6.07, 6.45) is 1.90. The highest BCUT2D eigenvalue weighted by Crippen LogP contribution is 2.41. The molecular formula is C13H16BrCl2FN2O2S. The van der Waals surface area contributed by atoms with Gasteiger partial charge >= 0.3 is 0 Å². The summed E-state index contributed by atoms with van der Waals surface area (Å²) < 4.78 is 40.4. The Morgan fingerprint density at radius 1 is 1.32 bits per heavy atom. The Labute approximate surface area is 148 Å². The maximum absolute atomic E-state index is 13.3. The predicted octanol–water partition coefficient (Wildman–Crippen LogP) is 3.02. The van der Waals surface area contributed by atoms with Gasteiger partial charge in [0.2, 0.25) is 10.0 Å². The fraction of sp³-hybridized carbons (Fsp3) is 0.538. The number of benzene rings is 1. The lowest BCUT2D eigenvalue weighted by atomic mass is 9.98. The van der Waals surface area contributed by atoms with Gasteiger partial charge in [0.05, 0.1) is 5.02 Å². The summed E-state index contributed by atoms with van der Waals surface area (Å²) in [5.74, 6) is -0.0586. The van der Waals surface area contributed by atoms with E-state index in [0.29, 0.717) is 19.0 Å². The van der Waals surface area contributed by atoms with Gasteiger partial charge in [0.25, 0.3) is 0 Å². The van der Waals surface area contributed by atoms with Gasteiger partial charge in [-0.15, -0.1) is 12.4 Å². The number of fused-ring (bicyclic) bond motifs is 1. The molecule has 4 nitrogen and oxygen atoms in total. The molecule has 3 unspecified atom stereocenters. The van der Waals surface area contributed by atoms with Crippen molar-refractivity contribution in [1.82, 2.24) is 4.31 Å². The van der Waals surface area contributed by atoms with Crippen molar-refractivity contribution < 1.29 is 12.8 Å². The third kappa shape index (κ3) is 3.03. The third-order valence-corrected chi connectivity index (χ3v) is 7.67. The summed E-state index contributed by atoms with van der Waals surface area (Å²) >= 11 is 9.05. The van der Waals surface area contributed by atoms with Crippen molar-refractivity contribution in [3.8, 4) is 0 Å². The Morgan fingerprint density at radius 2 is 2.00 bits per heavy atom. The maximum atomic E-state index is 13.3. The van der Waals surface area contributed by atoms with Crippen LogP contribution >= 0.6 is 39.9 Å². The van der Waals surface area contributed by atoms with E-state index in [2.05, 4.69) is 15.9 Å². The quantitative estimate of drug-likeness (QED) is 0.779. The van der Waals surface area contributed by atoms with E-state index in [4.69, 9.17) is 17.3 Å². The van der Waals surface area contributed by atoms with Gasteiger partial charge in [-0.1, -0.05) is 11.6 Å². The van der Waals surface area contributed by atoms with Crippen molar-refractivity contribution in [3.63, 3.8) is 0 Å². The van der Waals surface area contributed by atoms with Crippen LogP contribution in [0.5, 0.6) is 0 Å². The molecule has 0 radical (unpaired) electrons. The first kappa shape index (κ1) is 18.4. The summed E-state index contributed by atoms with van der Waals surface area (Å²) in [6, 6.07) is 2.19. The van der Waals surface area contributed by atoms with E-state index in [1.54, 1.807) is 0 Å². The van der Waals surface area contributed by atoms with E-state index in [-0.39, 0.29) is 38.8 Å². The highest BCUT2D eigenvalue weighted by molar-refractivity contribution is 9.10. The van der Waals surface area contributed by atoms with Crippen LogP contribution in [0.3, 0.4) is 0 Å². The number of nitrogens with two attached hydrogens (primary N) is 1. The second-order valence-electron chi connectivity index (χ2n) is 5.69. The lowest BCUT2D eigenvalue weighted by molar-refractivity contribution is 0.427. The van der Waals surface area contributed by atoms with Crippen molar-refractivity contribution in [3.05, 3.63) is 27.4 Å². The SMILES string of the molecule is Cl.NC1CCC2CN(S(=O)(=O)c3c(Cl)cc(F)cc3Br)CC12. The van der Waals surface area contributed by atoms with Crippen LogP contribution in [0.1, 0.15) is 12.8 Å². The molecule has 0 aromatic heterocycles. The molecule has 2 aliphatic rings. The molecule has 1 aromatic rings. The van der Waals surface area contributed by atoms with Crippen LogP contribution in [0.2, 0.25) is 5.02 Å². The average Bonchev–Trinajstić information content (AvgIpc) is 2.90. The first-order valence-electron chi connectivity index (χ1n) is 6.71. The minimum Gasteiger partial charge on any atom is -0.327 e. The topological polar surface area (TPSA) is 63.4 Å². The van der Waals surface area contributed by atoms with Crippen LogP contribution in [0.25, 0.3) is 0 Å². The number of rotatable bonds is 2. The molecule has 0 spiro atoms. The number of nitrogens with zero attached hydrogens (tertiary/aromatic N) is 1. The van der Waals surface area contributed by atoms with E-state index in [1.807, 2.05) is 0 Å².